The predicted molar refractivity (Wildman–Crippen MR) is 134 cm³/mol. The van der Waals surface area contributed by atoms with Crippen molar-refractivity contribution < 1.29 is 19.0 Å². The van der Waals surface area contributed by atoms with Crippen LogP contribution in [0.5, 0.6) is 17.2 Å². The van der Waals surface area contributed by atoms with Gasteiger partial charge in [-0.2, -0.15) is 10.4 Å². The fourth-order valence-corrected chi connectivity index (χ4v) is 3.80. The maximum atomic E-state index is 12.9. The maximum absolute atomic E-state index is 12.9. The molecule has 0 bridgehead atoms. The van der Waals surface area contributed by atoms with Gasteiger partial charge in [-0.25, -0.2) is 4.68 Å². The van der Waals surface area contributed by atoms with Crippen LogP contribution in [0.2, 0.25) is 0 Å². The lowest BCUT2D eigenvalue weighted by atomic mass is 10.1. The van der Waals surface area contributed by atoms with E-state index in [1.807, 2.05) is 78.9 Å². The van der Waals surface area contributed by atoms with Gasteiger partial charge in [0.05, 0.1) is 12.8 Å². The van der Waals surface area contributed by atoms with Gasteiger partial charge in [-0.3, -0.25) is 4.79 Å². The smallest absolute Gasteiger partial charge is 0.262 e. The van der Waals surface area contributed by atoms with Crippen LogP contribution in [-0.4, -0.2) is 29.6 Å². The van der Waals surface area contributed by atoms with Crippen LogP contribution < -0.4 is 19.5 Å². The second-order valence-corrected chi connectivity index (χ2v) is 7.98. The molecule has 8 nitrogen and oxygen atoms in total. The number of para-hydroxylation sites is 1. The van der Waals surface area contributed by atoms with Gasteiger partial charge in [0, 0.05) is 23.9 Å². The van der Waals surface area contributed by atoms with Crippen molar-refractivity contribution in [2.75, 3.05) is 13.9 Å². The van der Waals surface area contributed by atoms with Gasteiger partial charge in [-0.05, 0) is 54.1 Å². The summed E-state index contributed by atoms with van der Waals surface area (Å²) in [5, 5.41) is 17.3. The summed E-state index contributed by atoms with van der Waals surface area (Å²) < 4.78 is 17.8. The molecule has 0 radical (unpaired) electrons. The Balaban J connectivity index is 1.46. The summed E-state index contributed by atoms with van der Waals surface area (Å²) in [7, 11) is 1.60. The number of methoxy groups -OCH3 is 1. The minimum absolute atomic E-state index is 0.0295. The fraction of sp³-hybridized carbons (Fsp3) is 0.107. The Bertz CT molecular complexity index is 1470. The van der Waals surface area contributed by atoms with E-state index >= 15 is 0 Å². The molecule has 0 spiro atoms. The van der Waals surface area contributed by atoms with Gasteiger partial charge in [0.1, 0.15) is 23.1 Å². The van der Waals surface area contributed by atoms with Crippen LogP contribution in [0.4, 0.5) is 0 Å². The first-order valence-corrected chi connectivity index (χ1v) is 11.2. The summed E-state index contributed by atoms with van der Waals surface area (Å²) in [6.07, 6.45) is 3.35. The van der Waals surface area contributed by atoms with E-state index in [4.69, 9.17) is 19.3 Å². The quantitative estimate of drug-likeness (QED) is 0.310. The van der Waals surface area contributed by atoms with Crippen molar-refractivity contribution in [1.29, 1.82) is 5.26 Å². The van der Waals surface area contributed by atoms with E-state index < -0.39 is 5.91 Å². The molecule has 0 fully saturated rings. The number of nitrogens with one attached hydrogen (secondary N) is 1. The molecule has 36 heavy (non-hydrogen) atoms. The highest BCUT2D eigenvalue weighted by molar-refractivity contribution is 6.02. The SMILES string of the molecule is COc1ccc(CNC(=O)/C(C#N)=C/c2cn(-c3ccccc3)nc2-c2ccc3c(c2)OCO3)cc1. The van der Waals surface area contributed by atoms with Crippen molar-refractivity contribution >= 4 is 12.0 Å². The standard InChI is InChI=1S/C28H22N4O4/c1-34-24-10-7-19(8-11-24)16-30-28(33)21(15-29)13-22-17-32(23-5-3-2-4-6-23)31-27(22)20-9-12-25-26(14-20)36-18-35-25/h2-14,17H,16,18H2,1H3,(H,30,33)/b21-13+. The number of hydrogen-bond donors (Lipinski definition) is 1. The molecule has 1 aliphatic rings. The van der Waals surface area contributed by atoms with Crippen LogP contribution in [0.1, 0.15) is 11.1 Å². The first kappa shape index (κ1) is 22.7. The number of ether oxygens (including phenoxy) is 3. The molecular formula is C28H22N4O4. The Kier molecular flexibility index (Phi) is 6.36. The average molecular weight is 479 g/mol. The summed E-state index contributed by atoms with van der Waals surface area (Å²) in [6.45, 7) is 0.442. The zero-order chi connectivity index (χ0) is 24.9. The molecule has 1 aliphatic heterocycles. The number of fused-ring (bicyclic) bond motifs is 1. The lowest BCUT2D eigenvalue weighted by molar-refractivity contribution is -0.117. The Labute approximate surface area is 208 Å². The molecule has 0 aliphatic carbocycles. The zero-order valence-corrected chi connectivity index (χ0v) is 19.5. The zero-order valence-electron chi connectivity index (χ0n) is 19.5. The van der Waals surface area contributed by atoms with Crippen LogP contribution in [0.15, 0.2) is 84.6 Å². The maximum Gasteiger partial charge on any atom is 0.262 e. The number of amides is 1. The Morgan fingerprint density at radius 2 is 1.89 bits per heavy atom. The predicted octanol–water partition coefficient (Wildman–Crippen LogP) is 4.50. The molecular weight excluding hydrogens is 456 g/mol. The van der Waals surface area contributed by atoms with Crippen LogP contribution >= 0.6 is 0 Å². The van der Waals surface area contributed by atoms with Crippen molar-refractivity contribution in [2.45, 2.75) is 6.54 Å². The number of rotatable bonds is 7. The van der Waals surface area contributed by atoms with Gasteiger partial charge in [-0.1, -0.05) is 30.3 Å². The molecule has 0 unspecified atom stereocenters. The van der Waals surface area contributed by atoms with Crippen LogP contribution in [0.3, 0.4) is 0 Å². The molecule has 2 heterocycles. The van der Waals surface area contributed by atoms with Gasteiger partial charge in [-0.15, -0.1) is 0 Å². The summed E-state index contributed by atoms with van der Waals surface area (Å²) >= 11 is 0. The topological polar surface area (TPSA) is 98.4 Å². The Morgan fingerprint density at radius 3 is 2.64 bits per heavy atom. The van der Waals surface area contributed by atoms with E-state index in [-0.39, 0.29) is 18.9 Å². The van der Waals surface area contributed by atoms with Crippen LogP contribution in [-0.2, 0) is 11.3 Å². The summed E-state index contributed by atoms with van der Waals surface area (Å²) in [5.74, 6) is 1.54. The minimum Gasteiger partial charge on any atom is -0.497 e. The molecule has 1 amide bonds. The van der Waals surface area contributed by atoms with Gasteiger partial charge < -0.3 is 19.5 Å². The monoisotopic (exact) mass is 478 g/mol. The lowest BCUT2D eigenvalue weighted by Gasteiger charge is -2.06. The fourth-order valence-electron chi connectivity index (χ4n) is 3.80. The van der Waals surface area contributed by atoms with E-state index in [9.17, 15) is 10.1 Å². The number of nitrogens with zero attached hydrogens (tertiary/aromatic N) is 3. The van der Waals surface area contributed by atoms with Crippen molar-refractivity contribution in [3.05, 3.63) is 95.7 Å². The number of nitriles is 1. The highest BCUT2D eigenvalue weighted by Gasteiger charge is 2.19. The van der Waals surface area contributed by atoms with E-state index in [0.717, 1.165) is 22.6 Å². The molecule has 3 aromatic carbocycles. The largest absolute Gasteiger partial charge is 0.497 e. The second kappa shape index (κ2) is 10.1. The number of benzene rings is 3. The third-order valence-electron chi connectivity index (χ3n) is 5.69. The summed E-state index contributed by atoms with van der Waals surface area (Å²) in [4.78, 5) is 12.9. The van der Waals surface area contributed by atoms with E-state index in [1.54, 1.807) is 24.1 Å². The second-order valence-electron chi connectivity index (χ2n) is 7.98. The normalized spacial score (nSPS) is 12.2. The highest BCUT2D eigenvalue weighted by Crippen LogP contribution is 2.37. The van der Waals surface area contributed by atoms with Gasteiger partial charge in [0.2, 0.25) is 6.79 Å². The van der Waals surface area contributed by atoms with Gasteiger partial charge in [0.25, 0.3) is 5.91 Å². The number of aromatic nitrogens is 2. The van der Waals surface area contributed by atoms with Crippen molar-refractivity contribution in [3.63, 3.8) is 0 Å². The van der Waals surface area contributed by atoms with E-state index in [2.05, 4.69) is 5.32 Å². The third-order valence-corrected chi connectivity index (χ3v) is 5.69. The number of carbonyl (C=O) groups excluding carboxylic acids is 1. The van der Waals surface area contributed by atoms with Gasteiger partial charge >= 0.3 is 0 Å². The average Bonchev–Trinajstić information content (AvgIpc) is 3.58. The molecule has 1 aromatic heterocycles. The molecule has 4 aromatic rings. The highest BCUT2D eigenvalue weighted by atomic mass is 16.7. The first-order chi connectivity index (χ1) is 17.6. The first-order valence-electron chi connectivity index (χ1n) is 11.2. The molecule has 0 saturated heterocycles. The minimum atomic E-state index is -0.475. The number of carbonyl (C=O) groups is 1. The van der Waals surface area contributed by atoms with E-state index in [1.165, 1.54) is 0 Å². The summed E-state index contributed by atoms with van der Waals surface area (Å²) in [5.41, 5.74) is 3.71. The van der Waals surface area contributed by atoms with Crippen LogP contribution in [0.25, 0.3) is 23.0 Å². The molecule has 5 rings (SSSR count). The van der Waals surface area contributed by atoms with Crippen molar-refractivity contribution in [2.24, 2.45) is 0 Å². The molecule has 8 heteroatoms. The van der Waals surface area contributed by atoms with Gasteiger partial charge in [0.15, 0.2) is 11.5 Å². The Morgan fingerprint density at radius 1 is 1.11 bits per heavy atom. The number of hydrogen-bond acceptors (Lipinski definition) is 6. The lowest BCUT2D eigenvalue weighted by Crippen LogP contribution is -2.23. The van der Waals surface area contributed by atoms with Crippen LogP contribution in [0, 0.1) is 11.3 Å². The van der Waals surface area contributed by atoms with E-state index in [0.29, 0.717) is 22.8 Å². The van der Waals surface area contributed by atoms with Crippen molar-refractivity contribution in [1.82, 2.24) is 15.1 Å². The summed E-state index contributed by atoms with van der Waals surface area (Å²) in [6, 6.07) is 24.5. The molecule has 0 atom stereocenters. The Hall–Kier alpha value is -5.03. The third kappa shape index (κ3) is 4.76. The molecule has 0 saturated carbocycles. The van der Waals surface area contributed by atoms with Crippen molar-refractivity contribution in [3.8, 4) is 40.3 Å². The molecule has 178 valence electrons. The molecule has 1 N–H and O–H groups in total.